The highest BCUT2D eigenvalue weighted by Crippen LogP contribution is 2.28. The molecule has 134 valence electrons. The Kier molecular flexibility index (Phi) is 5.12. The number of carboxylic acids is 1. The first kappa shape index (κ1) is 17.8. The molecule has 3 rings (SSSR count). The first-order valence-electron chi connectivity index (χ1n) is 7.77. The van der Waals surface area contributed by atoms with E-state index in [1.165, 1.54) is 12.1 Å². The molecule has 0 saturated carbocycles. The zero-order valence-corrected chi connectivity index (χ0v) is 14.6. The Balaban J connectivity index is 1.88. The van der Waals surface area contributed by atoms with Crippen LogP contribution in [0.25, 0.3) is 11.1 Å². The Hall–Kier alpha value is -3.01. The van der Waals surface area contributed by atoms with Crippen LogP contribution in [0.4, 0.5) is 5.69 Å². The molecule has 0 fully saturated rings. The monoisotopic (exact) mass is 373 g/mol. The smallest absolute Gasteiger partial charge is 0.313 e. The number of carboxylic acid groups (broad SMARTS) is 1. The van der Waals surface area contributed by atoms with Gasteiger partial charge in [0.15, 0.2) is 0 Å². The predicted octanol–water partition coefficient (Wildman–Crippen LogP) is 2.80. The number of benzene rings is 1. The molecule has 2 aromatic rings. The molecule has 26 heavy (non-hydrogen) atoms. The number of nitro benzene ring substituents is 1. The van der Waals surface area contributed by atoms with Crippen LogP contribution in [0.5, 0.6) is 0 Å². The average molecular weight is 373 g/mol. The number of aromatic nitrogens is 2. The summed E-state index contributed by atoms with van der Waals surface area (Å²) in [5.41, 5.74) is 2.56. The van der Waals surface area contributed by atoms with Gasteiger partial charge in [-0.05, 0) is 18.6 Å². The summed E-state index contributed by atoms with van der Waals surface area (Å²) in [6.07, 6.45) is 3.84. The second-order valence-corrected chi connectivity index (χ2v) is 6.56. The maximum Gasteiger partial charge on any atom is 0.313 e. The average Bonchev–Trinajstić information content (AvgIpc) is 3.29. The van der Waals surface area contributed by atoms with Crippen LogP contribution in [0, 0.1) is 10.1 Å². The van der Waals surface area contributed by atoms with Crippen LogP contribution in [0.15, 0.2) is 40.8 Å². The van der Waals surface area contributed by atoms with E-state index in [-0.39, 0.29) is 11.4 Å². The minimum Gasteiger partial charge on any atom is -0.481 e. The third-order valence-electron chi connectivity index (χ3n) is 3.72. The van der Waals surface area contributed by atoms with Crippen LogP contribution in [0.1, 0.15) is 18.9 Å². The Morgan fingerprint density at radius 1 is 1.31 bits per heavy atom. The second kappa shape index (κ2) is 7.48. The summed E-state index contributed by atoms with van der Waals surface area (Å²) < 4.78 is 1.74. The van der Waals surface area contributed by atoms with Crippen molar-refractivity contribution in [3.8, 4) is 11.1 Å². The Morgan fingerprint density at radius 2 is 2.08 bits per heavy atom. The fraction of sp³-hybridized carbons (Fsp3) is 0.250. The van der Waals surface area contributed by atoms with Gasteiger partial charge in [0.25, 0.3) is 5.69 Å². The van der Waals surface area contributed by atoms with Crippen LogP contribution >= 0.6 is 11.8 Å². The topological polar surface area (TPSA) is 123 Å². The van der Waals surface area contributed by atoms with Crippen molar-refractivity contribution in [1.29, 1.82) is 0 Å². The third kappa shape index (κ3) is 3.97. The van der Waals surface area contributed by atoms with E-state index in [2.05, 4.69) is 15.3 Å². The first-order valence-corrected chi connectivity index (χ1v) is 8.75. The lowest BCUT2D eigenvalue weighted by atomic mass is 10.0. The number of non-ortho nitro benzene ring substituents is 1. The van der Waals surface area contributed by atoms with Crippen molar-refractivity contribution < 1.29 is 14.8 Å². The number of aryl methyl sites for hydroxylation is 1. The van der Waals surface area contributed by atoms with Crippen molar-refractivity contribution in [1.82, 2.24) is 9.78 Å². The number of hydrogen-bond acceptors (Lipinski definition) is 7. The minimum absolute atomic E-state index is 0.0453. The SMILES string of the molecule is CCn1cc(-c2cc(C3=NN=C(SCC(=O)O)C3)cc([N+](=O)[O-])c2)cn1. The van der Waals surface area contributed by atoms with Crippen molar-refractivity contribution in [2.75, 3.05) is 5.75 Å². The molecule has 0 aliphatic carbocycles. The van der Waals surface area contributed by atoms with Gasteiger partial charge in [-0.15, -0.1) is 5.10 Å². The van der Waals surface area contributed by atoms with Crippen LogP contribution < -0.4 is 0 Å². The van der Waals surface area contributed by atoms with Gasteiger partial charge in [-0.2, -0.15) is 10.2 Å². The first-order chi connectivity index (χ1) is 12.5. The minimum atomic E-state index is -0.934. The van der Waals surface area contributed by atoms with Crippen LogP contribution in [0.2, 0.25) is 0 Å². The maximum atomic E-state index is 11.3. The molecular weight excluding hydrogens is 358 g/mol. The lowest BCUT2D eigenvalue weighted by molar-refractivity contribution is -0.384. The molecule has 0 amide bonds. The van der Waals surface area contributed by atoms with E-state index in [9.17, 15) is 14.9 Å². The van der Waals surface area contributed by atoms with Crippen molar-refractivity contribution >= 4 is 34.2 Å². The molecule has 0 spiro atoms. The molecule has 0 unspecified atom stereocenters. The fourth-order valence-corrected chi connectivity index (χ4v) is 3.08. The Bertz CT molecular complexity index is 934. The summed E-state index contributed by atoms with van der Waals surface area (Å²) in [7, 11) is 0. The molecule has 1 aromatic carbocycles. The highest BCUT2D eigenvalue weighted by molar-refractivity contribution is 8.14. The van der Waals surface area contributed by atoms with E-state index in [4.69, 9.17) is 5.11 Å². The van der Waals surface area contributed by atoms with Crippen molar-refractivity contribution in [3.63, 3.8) is 0 Å². The maximum absolute atomic E-state index is 11.3. The number of nitro groups is 1. The fourth-order valence-electron chi connectivity index (χ4n) is 2.45. The van der Waals surface area contributed by atoms with Crippen molar-refractivity contribution in [2.45, 2.75) is 19.9 Å². The van der Waals surface area contributed by atoms with E-state index >= 15 is 0 Å². The summed E-state index contributed by atoms with van der Waals surface area (Å²) in [6.45, 7) is 2.66. The summed E-state index contributed by atoms with van der Waals surface area (Å²) >= 11 is 1.10. The number of carbonyl (C=O) groups is 1. The van der Waals surface area contributed by atoms with Gasteiger partial charge in [-0.25, -0.2) is 0 Å². The van der Waals surface area contributed by atoms with Gasteiger partial charge in [-0.3, -0.25) is 19.6 Å². The number of aliphatic carboxylic acids is 1. The zero-order valence-electron chi connectivity index (χ0n) is 13.8. The predicted molar refractivity (Wildman–Crippen MR) is 98.7 cm³/mol. The van der Waals surface area contributed by atoms with Gasteiger partial charge in [0.2, 0.25) is 0 Å². The van der Waals surface area contributed by atoms with Crippen LogP contribution in [-0.2, 0) is 11.3 Å². The molecule has 1 N–H and O–H groups in total. The lowest BCUT2D eigenvalue weighted by Gasteiger charge is -2.05. The normalized spacial score (nSPS) is 13.4. The van der Waals surface area contributed by atoms with Crippen molar-refractivity contribution in [2.24, 2.45) is 10.2 Å². The van der Waals surface area contributed by atoms with Gasteiger partial charge in [0, 0.05) is 42.4 Å². The summed E-state index contributed by atoms with van der Waals surface area (Å²) in [6, 6.07) is 4.76. The quantitative estimate of drug-likeness (QED) is 0.613. The molecule has 10 heteroatoms. The Labute approximate surface area is 152 Å². The van der Waals surface area contributed by atoms with E-state index < -0.39 is 10.9 Å². The van der Waals surface area contributed by atoms with Gasteiger partial charge in [0.1, 0.15) is 5.04 Å². The van der Waals surface area contributed by atoms with E-state index in [1.807, 2.05) is 19.2 Å². The zero-order chi connectivity index (χ0) is 18.7. The number of thioether (sulfide) groups is 1. The van der Waals surface area contributed by atoms with Crippen LogP contribution in [-0.4, -0.2) is 42.3 Å². The molecule has 0 bridgehead atoms. The van der Waals surface area contributed by atoms with Gasteiger partial charge >= 0.3 is 5.97 Å². The molecule has 1 aliphatic heterocycles. The van der Waals surface area contributed by atoms with Gasteiger partial charge < -0.3 is 5.11 Å². The van der Waals surface area contributed by atoms with Gasteiger partial charge in [-0.1, -0.05) is 11.8 Å². The molecule has 1 aromatic heterocycles. The second-order valence-electron chi connectivity index (χ2n) is 5.51. The Morgan fingerprint density at radius 3 is 2.73 bits per heavy atom. The summed E-state index contributed by atoms with van der Waals surface area (Å²) in [5, 5.41) is 32.9. The lowest BCUT2D eigenvalue weighted by Crippen LogP contribution is -2.06. The van der Waals surface area contributed by atoms with Crippen molar-refractivity contribution in [3.05, 3.63) is 46.3 Å². The standard InChI is InChI=1S/C16H15N5O4S/c1-2-20-8-12(7-17-20)10-3-11(5-13(4-10)21(24)25)14-6-15(19-18-14)26-9-16(22)23/h3-5,7-8H,2,6,9H2,1H3,(H,22,23). The molecule has 2 heterocycles. The van der Waals surface area contributed by atoms with Crippen LogP contribution in [0.3, 0.4) is 0 Å². The summed E-state index contributed by atoms with van der Waals surface area (Å²) in [5.74, 6) is -1.03. The largest absolute Gasteiger partial charge is 0.481 e. The third-order valence-corrected chi connectivity index (χ3v) is 4.67. The molecule has 0 atom stereocenters. The highest BCUT2D eigenvalue weighted by Gasteiger charge is 2.20. The van der Waals surface area contributed by atoms with E-state index in [1.54, 1.807) is 10.9 Å². The highest BCUT2D eigenvalue weighted by atomic mass is 32.2. The number of rotatable bonds is 6. The molecular formula is C16H15N5O4S. The van der Waals surface area contributed by atoms with E-state index in [0.717, 1.165) is 17.3 Å². The molecule has 9 nitrogen and oxygen atoms in total. The number of hydrogen-bond donors (Lipinski definition) is 1. The van der Waals surface area contributed by atoms with E-state index in [0.29, 0.717) is 34.8 Å². The van der Waals surface area contributed by atoms with Gasteiger partial charge in [0.05, 0.1) is 22.6 Å². The molecule has 1 aliphatic rings. The number of nitrogens with zero attached hydrogens (tertiary/aromatic N) is 5. The summed E-state index contributed by atoms with van der Waals surface area (Å²) in [4.78, 5) is 21.5. The molecule has 0 radical (unpaired) electrons. The molecule has 0 saturated heterocycles.